The molecule has 1 saturated heterocycles. The van der Waals surface area contributed by atoms with Crippen molar-refractivity contribution in [3.8, 4) is 0 Å². The standard InChI is InChI=1S/C13H16ClNOS/c14-8-10-3-5-11(6-4-10)13(16)15-9-12-2-1-7-17-12/h3-6,12H,1-2,7-9H2,(H,15,16). The van der Waals surface area contributed by atoms with Crippen LogP contribution in [0.2, 0.25) is 0 Å². The van der Waals surface area contributed by atoms with Gasteiger partial charge < -0.3 is 5.32 Å². The van der Waals surface area contributed by atoms with E-state index in [4.69, 9.17) is 11.6 Å². The average molecular weight is 270 g/mol. The van der Waals surface area contributed by atoms with Crippen LogP contribution in [0.25, 0.3) is 0 Å². The molecule has 0 aromatic heterocycles. The van der Waals surface area contributed by atoms with Crippen LogP contribution >= 0.6 is 23.4 Å². The van der Waals surface area contributed by atoms with Crippen LogP contribution in [0.4, 0.5) is 0 Å². The summed E-state index contributed by atoms with van der Waals surface area (Å²) in [5.74, 6) is 1.73. The minimum atomic E-state index is 0.0126. The first-order chi connectivity index (χ1) is 8.29. The molecule has 0 spiro atoms. The maximum absolute atomic E-state index is 11.8. The summed E-state index contributed by atoms with van der Waals surface area (Å²) in [6.07, 6.45) is 2.49. The van der Waals surface area contributed by atoms with Crippen molar-refractivity contribution in [3.63, 3.8) is 0 Å². The first-order valence-corrected chi connectivity index (χ1v) is 7.42. The van der Waals surface area contributed by atoms with Gasteiger partial charge in [-0.2, -0.15) is 11.8 Å². The van der Waals surface area contributed by atoms with Crippen LogP contribution in [0.3, 0.4) is 0 Å². The summed E-state index contributed by atoms with van der Waals surface area (Å²) in [6.45, 7) is 0.779. The molecule has 1 aliphatic rings. The zero-order valence-electron chi connectivity index (χ0n) is 9.62. The molecule has 1 heterocycles. The lowest BCUT2D eigenvalue weighted by molar-refractivity contribution is 0.0953. The van der Waals surface area contributed by atoms with Crippen LogP contribution in [-0.4, -0.2) is 23.5 Å². The van der Waals surface area contributed by atoms with E-state index >= 15 is 0 Å². The van der Waals surface area contributed by atoms with Crippen molar-refractivity contribution >= 4 is 29.3 Å². The Labute approximate surface area is 111 Å². The number of thioether (sulfide) groups is 1. The van der Waals surface area contributed by atoms with Gasteiger partial charge in [-0.3, -0.25) is 4.79 Å². The van der Waals surface area contributed by atoms with Gasteiger partial charge in [-0.15, -0.1) is 11.6 Å². The van der Waals surface area contributed by atoms with Crippen molar-refractivity contribution in [2.24, 2.45) is 0 Å². The number of benzene rings is 1. The normalized spacial score (nSPS) is 19.2. The smallest absolute Gasteiger partial charge is 0.251 e. The Morgan fingerprint density at radius 3 is 2.76 bits per heavy atom. The second-order valence-corrected chi connectivity index (χ2v) is 5.85. The fraction of sp³-hybridized carbons (Fsp3) is 0.462. The molecule has 1 aromatic carbocycles. The molecule has 2 rings (SSSR count). The highest BCUT2D eigenvalue weighted by Gasteiger charge is 2.16. The fourth-order valence-corrected chi connectivity index (χ4v) is 3.24. The molecular weight excluding hydrogens is 254 g/mol. The zero-order valence-corrected chi connectivity index (χ0v) is 11.2. The average Bonchev–Trinajstić information content (AvgIpc) is 2.89. The Balaban J connectivity index is 1.85. The molecule has 1 unspecified atom stereocenters. The molecule has 1 N–H and O–H groups in total. The van der Waals surface area contributed by atoms with Crippen molar-refractivity contribution in [2.75, 3.05) is 12.3 Å². The third-order valence-electron chi connectivity index (χ3n) is 2.88. The Kier molecular flexibility index (Phi) is 4.75. The number of hydrogen-bond acceptors (Lipinski definition) is 2. The van der Waals surface area contributed by atoms with E-state index in [1.165, 1.54) is 18.6 Å². The highest BCUT2D eigenvalue weighted by Crippen LogP contribution is 2.25. The fourth-order valence-electron chi connectivity index (χ4n) is 1.86. The summed E-state index contributed by atoms with van der Waals surface area (Å²) in [6, 6.07) is 7.45. The number of alkyl halides is 1. The second kappa shape index (κ2) is 6.31. The topological polar surface area (TPSA) is 29.1 Å². The van der Waals surface area contributed by atoms with Crippen LogP contribution < -0.4 is 5.32 Å². The summed E-state index contributed by atoms with van der Waals surface area (Å²) in [5.41, 5.74) is 1.75. The molecule has 92 valence electrons. The summed E-state index contributed by atoms with van der Waals surface area (Å²) >= 11 is 7.66. The maximum Gasteiger partial charge on any atom is 0.251 e. The SMILES string of the molecule is O=C(NCC1CCCS1)c1ccc(CCl)cc1. The summed E-state index contributed by atoms with van der Waals surface area (Å²) in [5, 5.41) is 3.58. The van der Waals surface area contributed by atoms with Gasteiger partial charge in [-0.1, -0.05) is 12.1 Å². The van der Waals surface area contributed by atoms with Gasteiger partial charge in [0.2, 0.25) is 0 Å². The molecule has 2 nitrogen and oxygen atoms in total. The van der Waals surface area contributed by atoms with Crippen molar-refractivity contribution in [1.29, 1.82) is 0 Å². The maximum atomic E-state index is 11.8. The molecule has 0 radical (unpaired) electrons. The van der Waals surface area contributed by atoms with E-state index in [-0.39, 0.29) is 5.91 Å². The molecule has 0 aliphatic carbocycles. The molecule has 17 heavy (non-hydrogen) atoms. The number of nitrogens with one attached hydrogen (secondary N) is 1. The number of hydrogen-bond donors (Lipinski definition) is 1. The highest BCUT2D eigenvalue weighted by molar-refractivity contribution is 8.00. The first kappa shape index (κ1) is 12.8. The quantitative estimate of drug-likeness (QED) is 0.852. The summed E-state index contributed by atoms with van der Waals surface area (Å²) in [4.78, 5) is 11.8. The first-order valence-electron chi connectivity index (χ1n) is 5.84. The van der Waals surface area contributed by atoms with E-state index < -0.39 is 0 Å². The number of rotatable bonds is 4. The zero-order chi connectivity index (χ0) is 12.1. The molecule has 1 aromatic rings. The van der Waals surface area contributed by atoms with Gasteiger partial charge in [0.25, 0.3) is 5.91 Å². The van der Waals surface area contributed by atoms with Crippen LogP contribution in [-0.2, 0) is 5.88 Å². The van der Waals surface area contributed by atoms with E-state index in [1.54, 1.807) is 0 Å². The number of carbonyl (C=O) groups is 1. The van der Waals surface area contributed by atoms with E-state index in [1.807, 2.05) is 36.0 Å². The molecule has 0 saturated carbocycles. The van der Waals surface area contributed by atoms with Crippen LogP contribution in [0.1, 0.15) is 28.8 Å². The summed E-state index contributed by atoms with van der Waals surface area (Å²) < 4.78 is 0. The van der Waals surface area contributed by atoms with Crippen molar-refractivity contribution in [1.82, 2.24) is 5.32 Å². The largest absolute Gasteiger partial charge is 0.351 e. The van der Waals surface area contributed by atoms with Crippen molar-refractivity contribution in [3.05, 3.63) is 35.4 Å². The molecule has 4 heteroatoms. The van der Waals surface area contributed by atoms with Crippen molar-refractivity contribution in [2.45, 2.75) is 24.0 Å². The van der Waals surface area contributed by atoms with Crippen molar-refractivity contribution < 1.29 is 4.79 Å². The Hall–Kier alpha value is -0.670. The Bertz CT molecular complexity index is 374. The summed E-state index contributed by atoms with van der Waals surface area (Å²) in [7, 11) is 0. The molecule has 1 aliphatic heterocycles. The Morgan fingerprint density at radius 2 is 2.18 bits per heavy atom. The van der Waals surface area contributed by atoms with Gasteiger partial charge in [0, 0.05) is 23.2 Å². The second-order valence-electron chi connectivity index (χ2n) is 4.18. The lowest BCUT2D eigenvalue weighted by atomic mass is 10.1. The minimum Gasteiger partial charge on any atom is -0.351 e. The minimum absolute atomic E-state index is 0.0126. The van der Waals surface area contributed by atoms with Crippen LogP contribution in [0.5, 0.6) is 0 Å². The lowest BCUT2D eigenvalue weighted by Gasteiger charge is -2.10. The van der Waals surface area contributed by atoms with Gasteiger partial charge in [-0.25, -0.2) is 0 Å². The molecule has 1 amide bonds. The monoisotopic (exact) mass is 269 g/mol. The molecular formula is C13H16ClNOS. The number of amides is 1. The van der Waals surface area contributed by atoms with Gasteiger partial charge in [-0.05, 0) is 36.3 Å². The predicted molar refractivity (Wildman–Crippen MR) is 73.8 cm³/mol. The third kappa shape index (κ3) is 3.65. The van der Waals surface area contributed by atoms with Gasteiger partial charge in [0.15, 0.2) is 0 Å². The lowest BCUT2D eigenvalue weighted by Crippen LogP contribution is -2.29. The Morgan fingerprint density at radius 1 is 1.41 bits per heavy atom. The molecule has 0 bridgehead atoms. The predicted octanol–water partition coefficient (Wildman–Crippen LogP) is 3.05. The van der Waals surface area contributed by atoms with Crippen LogP contribution in [0, 0.1) is 0 Å². The van der Waals surface area contributed by atoms with E-state index in [0.717, 1.165) is 12.1 Å². The number of carbonyl (C=O) groups excluding carboxylic acids is 1. The van der Waals surface area contributed by atoms with Gasteiger partial charge in [0.05, 0.1) is 0 Å². The number of halogens is 1. The molecule has 1 fully saturated rings. The molecule has 1 atom stereocenters. The van der Waals surface area contributed by atoms with Crippen LogP contribution in [0.15, 0.2) is 24.3 Å². The highest BCUT2D eigenvalue weighted by atomic mass is 35.5. The van der Waals surface area contributed by atoms with Gasteiger partial charge in [0.1, 0.15) is 0 Å². The van der Waals surface area contributed by atoms with E-state index in [2.05, 4.69) is 5.32 Å². The van der Waals surface area contributed by atoms with E-state index in [0.29, 0.717) is 16.7 Å². The van der Waals surface area contributed by atoms with E-state index in [9.17, 15) is 4.79 Å². The van der Waals surface area contributed by atoms with Gasteiger partial charge >= 0.3 is 0 Å². The third-order valence-corrected chi connectivity index (χ3v) is 4.59.